The van der Waals surface area contributed by atoms with Gasteiger partial charge in [-0.3, -0.25) is 0 Å². The minimum Gasteiger partial charge on any atom is -0.385 e. The number of aliphatic hydroxyl groups is 1. The smallest absolute Gasteiger partial charge is 0.0957 e. The molecular formula is C16H22O. The molecule has 0 spiro atoms. The third-order valence-corrected chi connectivity index (χ3v) is 6.14. The summed E-state index contributed by atoms with van der Waals surface area (Å²) < 4.78 is 0. The van der Waals surface area contributed by atoms with Crippen molar-refractivity contribution < 1.29 is 5.11 Å². The average Bonchev–Trinajstić information content (AvgIpc) is 2.62. The van der Waals surface area contributed by atoms with E-state index in [0.717, 1.165) is 18.4 Å². The maximum Gasteiger partial charge on any atom is 0.0957 e. The highest BCUT2D eigenvalue weighted by molar-refractivity contribution is 5.31. The predicted octanol–water partition coefficient (Wildman–Crippen LogP) is 3.72. The molecule has 0 unspecified atom stereocenters. The lowest BCUT2D eigenvalue weighted by molar-refractivity contribution is -0.0957. The van der Waals surface area contributed by atoms with E-state index in [0.29, 0.717) is 5.92 Å². The molecule has 0 saturated heterocycles. The zero-order valence-electron chi connectivity index (χ0n) is 11.0. The van der Waals surface area contributed by atoms with Crippen LogP contribution in [0.1, 0.15) is 45.6 Å². The first-order valence-electron chi connectivity index (χ1n) is 6.70. The molecule has 0 aromatic heterocycles. The van der Waals surface area contributed by atoms with Gasteiger partial charge in [-0.25, -0.2) is 0 Å². The summed E-state index contributed by atoms with van der Waals surface area (Å²) >= 11 is 0. The van der Waals surface area contributed by atoms with Crippen molar-refractivity contribution in [3.05, 3.63) is 35.9 Å². The molecule has 3 atom stereocenters. The number of hydrogen-bond donors (Lipinski definition) is 1. The van der Waals surface area contributed by atoms with Crippen LogP contribution in [0.2, 0.25) is 0 Å². The molecule has 2 aliphatic rings. The Morgan fingerprint density at radius 2 is 1.76 bits per heavy atom. The fraction of sp³-hybridized carbons (Fsp3) is 0.625. The molecule has 1 nitrogen and oxygen atoms in total. The van der Waals surface area contributed by atoms with Gasteiger partial charge >= 0.3 is 0 Å². The van der Waals surface area contributed by atoms with E-state index in [9.17, 15) is 5.11 Å². The summed E-state index contributed by atoms with van der Waals surface area (Å²) in [6, 6.07) is 10.3. The molecule has 2 aliphatic carbocycles. The zero-order valence-corrected chi connectivity index (χ0v) is 11.0. The van der Waals surface area contributed by atoms with E-state index in [1.54, 1.807) is 0 Å². The van der Waals surface area contributed by atoms with Crippen molar-refractivity contribution in [2.24, 2.45) is 16.7 Å². The lowest BCUT2D eigenvalue weighted by atomic mass is 9.62. The topological polar surface area (TPSA) is 20.2 Å². The van der Waals surface area contributed by atoms with Crippen LogP contribution in [0.15, 0.2) is 30.3 Å². The van der Waals surface area contributed by atoms with Crippen molar-refractivity contribution in [1.82, 2.24) is 0 Å². The molecule has 0 amide bonds. The van der Waals surface area contributed by atoms with Crippen LogP contribution in [0.3, 0.4) is 0 Å². The predicted molar refractivity (Wildman–Crippen MR) is 69.6 cm³/mol. The van der Waals surface area contributed by atoms with E-state index in [2.05, 4.69) is 32.9 Å². The van der Waals surface area contributed by atoms with Crippen LogP contribution in [0.25, 0.3) is 0 Å². The third-order valence-electron chi connectivity index (χ3n) is 6.14. The highest BCUT2D eigenvalue weighted by atomic mass is 16.3. The fourth-order valence-corrected chi connectivity index (χ4v) is 4.43. The van der Waals surface area contributed by atoms with E-state index < -0.39 is 5.60 Å². The van der Waals surface area contributed by atoms with E-state index >= 15 is 0 Å². The number of benzene rings is 1. The minimum atomic E-state index is -0.624. The third kappa shape index (κ3) is 1.14. The van der Waals surface area contributed by atoms with Gasteiger partial charge in [-0.05, 0) is 36.2 Å². The summed E-state index contributed by atoms with van der Waals surface area (Å²) in [5.41, 5.74) is 0.752. The van der Waals surface area contributed by atoms with Crippen molar-refractivity contribution in [1.29, 1.82) is 0 Å². The van der Waals surface area contributed by atoms with E-state index in [-0.39, 0.29) is 10.8 Å². The monoisotopic (exact) mass is 230 g/mol. The Bertz CT molecular complexity index is 436. The first-order valence-corrected chi connectivity index (χ1v) is 6.70. The number of hydrogen-bond acceptors (Lipinski definition) is 1. The van der Waals surface area contributed by atoms with Gasteiger partial charge in [0.25, 0.3) is 0 Å². The first-order chi connectivity index (χ1) is 7.92. The molecule has 92 valence electrons. The number of fused-ring (bicyclic) bond motifs is 2. The zero-order chi connectivity index (χ0) is 12.3. The Balaban J connectivity index is 2.13. The molecule has 2 bridgehead atoms. The van der Waals surface area contributed by atoms with Crippen LogP contribution in [-0.4, -0.2) is 5.11 Å². The van der Waals surface area contributed by atoms with Crippen LogP contribution >= 0.6 is 0 Å². The molecule has 1 heteroatoms. The van der Waals surface area contributed by atoms with Crippen LogP contribution in [0, 0.1) is 16.7 Å². The van der Waals surface area contributed by atoms with Gasteiger partial charge in [0.05, 0.1) is 5.60 Å². The van der Waals surface area contributed by atoms with E-state index in [1.807, 2.05) is 18.2 Å². The molecular weight excluding hydrogens is 208 g/mol. The van der Waals surface area contributed by atoms with Gasteiger partial charge in [0.1, 0.15) is 0 Å². The highest BCUT2D eigenvalue weighted by Gasteiger charge is 2.68. The van der Waals surface area contributed by atoms with E-state index in [1.165, 1.54) is 6.42 Å². The molecule has 3 rings (SSSR count). The van der Waals surface area contributed by atoms with Crippen LogP contribution in [-0.2, 0) is 5.60 Å². The SMILES string of the molecule is CC1(C)[C@H]2CC[C@]1(C)[C@](O)(c1ccccc1)C2. The Kier molecular flexibility index (Phi) is 2.08. The molecule has 0 aliphatic heterocycles. The second-order valence-electron chi connectivity index (χ2n) is 6.72. The van der Waals surface area contributed by atoms with Crippen molar-refractivity contribution in [3.63, 3.8) is 0 Å². The van der Waals surface area contributed by atoms with Gasteiger partial charge in [-0.1, -0.05) is 51.1 Å². The lowest BCUT2D eigenvalue weighted by Crippen LogP contribution is -2.44. The van der Waals surface area contributed by atoms with Crippen molar-refractivity contribution in [2.75, 3.05) is 0 Å². The second-order valence-corrected chi connectivity index (χ2v) is 6.72. The largest absolute Gasteiger partial charge is 0.385 e. The molecule has 0 heterocycles. The second kappa shape index (κ2) is 3.14. The highest BCUT2D eigenvalue weighted by Crippen LogP contribution is 2.72. The van der Waals surface area contributed by atoms with E-state index in [4.69, 9.17) is 0 Å². The Morgan fingerprint density at radius 3 is 2.24 bits per heavy atom. The quantitative estimate of drug-likeness (QED) is 0.779. The lowest BCUT2D eigenvalue weighted by Gasteiger charge is -2.45. The molecule has 1 aromatic carbocycles. The van der Waals surface area contributed by atoms with Gasteiger partial charge in [0.2, 0.25) is 0 Å². The molecule has 1 N–H and O–H groups in total. The summed E-state index contributed by atoms with van der Waals surface area (Å²) in [6.45, 7) is 6.96. The summed E-state index contributed by atoms with van der Waals surface area (Å²) in [5.74, 6) is 0.665. The molecule has 2 fully saturated rings. The van der Waals surface area contributed by atoms with Crippen molar-refractivity contribution in [3.8, 4) is 0 Å². The molecule has 2 saturated carbocycles. The Morgan fingerprint density at radius 1 is 1.12 bits per heavy atom. The van der Waals surface area contributed by atoms with Gasteiger partial charge in [-0.15, -0.1) is 0 Å². The van der Waals surface area contributed by atoms with Crippen LogP contribution in [0.4, 0.5) is 0 Å². The maximum absolute atomic E-state index is 11.2. The Labute approximate surface area is 104 Å². The number of rotatable bonds is 1. The summed E-state index contributed by atoms with van der Waals surface area (Å²) in [5, 5.41) is 11.2. The van der Waals surface area contributed by atoms with Crippen LogP contribution < -0.4 is 0 Å². The fourth-order valence-electron chi connectivity index (χ4n) is 4.43. The van der Waals surface area contributed by atoms with Gasteiger partial charge < -0.3 is 5.11 Å². The summed E-state index contributed by atoms with van der Waals surface area (Å²) in [4.78, 5) is 0. The summed E-state index contributed by atoms with van der Waals surface area (Å²) in [7, 11) is 0. The van der Waals surface area contributed by atoms with Gasteiger partial charge in [0.15, 0.2) is 0 Å². The van der Waals surface area contributed by atoms with Gasteiger partial charge in [-0.2, -0.15) is 0 Å². The standard InChI is InChI=1S/C16H22O/c1-14(2)13-9-10-15(14,3)16(17,11-13)12-7-5-4-6-8-12/h4-8,13,17H,9-11H2,1-3H3/t13-,15-,16+/m0/s1. The normalized spacial score (nSPS) is 42.9. The summed E-state index contributed by atoms with van der Waals surface area (Å²) in [6.07, 6.45) is 3.36. The molecule has 17 heavy (non-hydrogen) atoms. The first kappa shape index (κ1) is 11.3. The maximum atomic E-state index is 11.2. The minimum absolute atomic E-state index is 0.0199. The van der Waals surface area contributed by atoms with Crippen molar-refractivity contribution >= 4 is 0 Å². The Hall–Kier alpha value is -0.820. The average molecular weight is 230 g/mol. The van der Waals surface area contributed by atoms with Crippen LogP contribution in [0.5, 0.6) is 0 Å². The molecule has 0 radical (unpaired) electrons. The van der Waals surface area contributed by atoms with Crippen molar-refractivity contribution in [2.45, 2.75) is 45.6 Å². The van der Waals surface area contributed by atoms with Gasteiger partial charge in [0, 0.05) is 5.41 Å². The molecule has 1 aromatic rings.